The predicted molar refractivity (Wildman–Crippen MR) is 105 cm³/mol. The molecule has 2 atom stereocenters. The summed E-state index contributed by atoms with van der Waals surface area (Å²) < 4.78 is 18.6. The van der Waals surface area contributed by atoms with E-state index in [0.717, 1.165) is 36.3 Å². The minimum absolute atomic E-state index is 0.260. The number of methoxy groups -OCH3 is 1. The number of piperidine rings is 1. The second kappa shape index (κ2) is 7.45. The minimum Gasteiger partial charge on any atom is -0.496 e. The van der Waals surface area contributed by atoms with Crippen LogP contribution in [-0.4, -0.2) is 35.7 Å². The lowest BCUT2D eigenvalue weighted by atomic mass is 9.80. The molecule has 2 aliphatic heterocycles. The summed E-state index contributed by atoms with van der Waals surface area (Å²) in [6.45, 7) is 0.868. The molecule has 2 aromatic rings. The number of benzene rings is 2. The molecule has 27 heavy (non-hydrogen) atoms. The number of para-hydroxylation sites is 1. The van der Waals surface area contributed by atoms with Crippen molar-refractivity contribution in [3.63, 3.8) is 0 Å². The Morgan fingerprint density at radius 1 is 1.11 bits per heavy atom. The lowest BCUT2D eigenvalue weighted by Gasteiger charge is -2.43. The van der Waals surface area contributed by atoms with Gasteiger partial charge in [0.1, 0.15) is 11.6 Å². The van der Waals surface area contributed by atoms with Crippen molar-refractivity contribution in [2.75, 3.05) is 13.7 Å². The summed E-state index contributed by atoms with van der Waals surface area (Å²) in [5, 5.41) is 11.2. The summed E-state index contributed by atoms with van der Waals surface area (Å²) in [5.74, 6) is 0.616. The highest BCUT2D eigenvalue weighted by molar-refractivity contribution is 5.57. The standard InChI is InChI=1S/C23H26FNO2/c1-27-22-7-3-2-5-17(22)6-4-14-25-20-12-13-21(25)16-23(26,15-20)18-8-10-19(24)11-9-18/h2-11,20-21,26H,12-16H2,1H3/b6-4+/t20-,21-/m1/s1. The van der Waals surface area contributed by atoms with Gasteiger partial charge in [-0.2, -0.15) is 0 Å². The molecule has 4 heteroatoms. The Bertz CT molecular complexity index is 803. The normalized spacial score (nSPS) is 28.0. The summed E-state index contributed by atoms with van der Waals surface area (Å²) in [5.41, 5.74) is 1.07. The molecule has 1 N–H and O–H groups in total. The van der Waals surface area contributed by atoms with Crippen LogP contribution in [0.15, 0.2) is 54.6 Å². The maximum absolute atomic E-state index is 13.2. The first-order chi connectivity index (χ1) is 13.1. The van der Waals surface area contributed by atoms with Gasteiger partial charge in [-0.05, 0) is 49.4 Å². The van der Waals surface area contributed by atoms with E-state index in [4.69, 9.17) is 4.74 Å². The van der Waals surface area contributed by atoms with E-state index in [1.54, 1.807) is 19.2 Å². The molecule has 0 aromatic heterocycles. The number of nitrogens with zero attached hydrogens (tertiary/aromatic N) is 1. The molecule has 2 fully saturated rings. The maximum atomic E-state index is 13.2. The van der Waals surface area contributed by atoms with Crippen LogP contribution in [0.25, 0.3) is 6.08 Å². The van der Waals surface area contributed by atoms with Crippen LogP contribution in [0.5, 0.6) is 5.75 Å². The van der Waals surface area contributed by atoms with Gasteiger partial charge < -0.3 is 9.84 Å². The Morgan fingerprint density at radius 3 is 2.44 bits per heavy atom. The van der Waals surface area contributed by atoms with Crippen LogP contribution in [0.2, 0.25) is 0 Å². The zero-order valence-corrected chi connectivity index (χ0v) is 15.6. The van der Waals surface area contributed by atoms with Crippen molar-refractivity contribution < 1.29 is 14.2 Å². The highest BCUT2D eigenvalue weighted by atomic mass is 19.1. The van der Waals surface area contributed by atoms with E-state index < -0.39 is 5.60 Å². The van der Waals surface area contributed by atoms with Crippen LogP contribution < -0.4 is 4.74 Å². The van der Waals surface area contributed by atoms with Gasteiger partial charge >= 0.3 is 0 Å². The van der Waals surface area contributed by atoms with E-state index in [1.165, 1.54) is 12.1 Å². The van der Waals surface area contributed by atoms with E-state index >= 15 is 0 Å². The van der Waals surface area contributed by atoms with Gasteiger partial charge in [0.25, 0.3) is 0 Å². The first-order valence-corrected chi connectivity index (χ1v) is 9.63. The topological polar surface area (TPSA) is 32.7 Å². The fraction of sp³-hybridized carbons (Fsp3) is 0.391. The Balaban J connectivity index is 1.45. The van der Waals surface area contributed by atoms with Crippen LogP contribution >= 0.6 is 0 Å². The number of hydrogen-bond acceptors (Lipinski definition) is 3. The summed E-state index contributed by atoms with van der Waals surface area (Å²) in [4.78, 5) is 2.50. The second-order valence-electron chi connectivity index (χ2n) is 7.67. The fourth-order valence-electron chi connectivity index (χ4n) is 4.72. The molecule has 0 saturated carbocycles. The Hall–Kier alpha value is -2.17. The number of aliphatic hydroxyl groups is 1. The molecule has 0 unspecified atom stereocenters. The van der Waals surface area contributed by atoms with Gasteiger partial charge in [-0.25, -0.2) is 4.39 Å². The molecule has 0 spiro atoms. The third-order valence-electron chi connectivity index (χ3n) is 6.05. The molecule has 2 heterocycles. The number of ether oxygens (including phenoxy) is 1. The van der Waals surface area contributed by atoms with Crippen LogP contribution in [0.4, 0.5) is 4.39 Å². The first kappa shape index (κ1) is 18.2. The molecule has 4 rings (SSSR count). The second-order valence-corrected chi connectivity index (χ2v) is 7.67. The van der Waals surface area contributed by atoms with Gasteiger partial charge in [0.15, 0.2) is 0 Å². The van der Waals surface area contributed by atoms with Crippen LogP contribution in [0.1, 0.15) is 36.8 Å². The molecular formula is C23H26FNO2. The molecule has 2 saturated heterocycles. The van der Waals surface area contributed by atoms with Gasteiger partial charge in [0.05, 0.1) is 12.7 Å². The van der Waals surface area contributed by atoms with Crippen molar-refractivity contribution in [2.24, 2.45) is 0 Å². The number of halogens is 1. The Labute approximate surface area is 160 Å². The molecular weight excluding hydrogens is 341 g/mol. The van der Waals surface area contributed by atoms with Gasteiger partial charge in [-0.1, -0.05) is 42.5 Å². The molecule has 2 bridgehead atoms. The third-order valence-corrected chi connectivity index (χ3v) is 6.05. The predicted octanol–water partition coefficient (Wildman–Crippen LogP) is 4.36. The number of hydrogen-bond donors (Lipinski definition) is 1. The van der Waals surface area contributed by atoms with E-state index in [2.05, 4.69) is 17.1 Å². The third kappa shape index (κ3) is 3.64. The molecule has 0 amide bonds. The van der Waals surface area contributed by atoms with Gasteiger partial charge in [-0.3, -0.25) is 4.90 Å². The van der Waals surface area contributed by atoms with Crippen molar-refractivity contribution in [3.8, 4) is 5.75 Å². The SMILES string of the molecule is COc1ccccc1/C=C/CN1[C@@H]2CC[C@@H]1CC(O)(c1ccc(F)cc1)C2. The Kier molecular flexibility index (Phi) is 5.02. The highest BCUT2D eigenvalue weighted by Crippen LogP contribution is 2.45. The zero-order chi connectivity index (χ0) is 18.9. The van der Waals surface area contributed by atoms with E-state index in [9.17, 15) is 9.50 Å². The quantitative estimate of drug-likeness (QED) is 0.852. The summed E-state index contributed by atoms with van der Waals surface area (Å²) in [7, 11) is 1.69. The van der Waals surface area contributed by atoms with Crippen LogP contribution in [-0.2, 0) is 5.60 Å². The summed E-state index contributed by atoms with van der Waals surface area (Å²) in [6.07, 6.45) is 7.92. The van der Waals surface area contributed by atoms with E-state index in [-0.39, 0.29) is 5.82 Å². The summed E-state index contributed by atoms with van der Waals surface area (Å²) in [6, 6.07) is 15.1. The van der Waals surface area contributed by atoms with Crippen molar-refractivity contribution in [2.45, 2.75) is 43.4 Å². The molecule has 0 radical (unpaired) electrons. The van der Waals surface area contributed by atoms with Crippen molar-refractivity contribution in [3.05, 3.63) is 71.6 Å². The van der Waals surface area contributed by atoms with Crippen molar-refractivity contribution in [1.82, 2.24) is 4.90 Å². The Morgan fingerprint density at radius 2 is 1.78 bits per heavy atom. The van der Waals surface area contributed by atoms with E-state index in [0.29, 0.717) is 24.9 Å². The van der Waals surface area contributed by atoms with Gasteiger partial charge in [0, 0.05) is 24.2 Å². The largest absolute Gasteiger partial charge is 0.496 e. The molecule has 2 aliphatic rings. The van der Waals surface area contributed by atoms with Crippen molar-refractivity contribution >= 4 is 6.08 Å². The summed E-state index contributed by atoms with van der Waals surface area (Å²) >= 11 is 0. The zero-order valence-electron chi connectivity index (χ0n) is 15.6. The maximum Gasteiger partial charge on any atom is 0.126 e. The van der Waals surface area contributed by atoms with Gasteiger partial charge in [0.2, 0.25) is 0 Å². The number of rotatable bonds is 5. The lowest BCUT2D eigenvalue weighted by Crippen LogP contribution is -2.49. The lowest BCUT2D eigenvalue weighted by molar-refractivity contribution is -0.0535. The van der Waals surface area contributed by atoms with Crippen molar-refractivity contribution in [1.29, 1.82) is 0 Å². The molecule has 0 aliphatic carbocycles. The highest BCUT2D eigenvalue weighted by Gasteiger charge is 2.47. The first-order valence-electron chi connectivity index (χ1n) is 9.63. The molecule has 2 aromatic carbocycles. The molecule has 142 valence electrons. The van der Waals surface area contributed by atoms with Crippen LogP contribution in [0.3, 0.4) is 0 Å². The van der Waals surface area contributed by atoms with E-state index in [1.807, 2.05) is 24.3 Å². The van der Waals surface area contributed by atoms with Gasteiger partial charge in [-0.15, -0.1) is 0 Å². The minimum atomic E-state index is -0.845. The number of fused-ring (bicyclic) bond motifs is 2. The molecule has 3 nitrogen and oxygen atoms in total. The smallest absolute Gasteiger partial charge is 0.126 e. The fourth-order valence-corrected chi connectivity index (χ4v) is 4.72. The average Bonchev–Trinajstić information content (AvgIpc) is 2.93. The average molecular weight is 367 g/mol. The van der Waals surface area contributed by atoms with Crippen LogP contribution in [0, 0.1) is 5.82 Å². The monoisotopic (exact) mass is 367 g/mol.